The van der Waals surface area contributed by atoms with E-state index in [0.717, 1.165) is 5.39 Å². The number of carboxylic acid groups (broad SMARTS) is 1. The van der Waals surface area contributed by atoms with Gasteiger partial charge in [0.1, 0.15) is 5.65 Å². The highest BCUT2D eigenvalue weighted by atomic mass is 16.4. The minimum Gasteiger partial charge on any atom is -0.543 e. The van der Waals surface area contributed by atoms with Gasteiger partial charge in [0.25, 0.3) is 0 Å². The maximum absolute atomic E-state index is 10.4. The highest BCUT2D eigenvalue weighted by molar-refractivity contribution is 5.87. The van der Waals surface area contributed by atoms with Crippen LogP contribution < -0.4 is 5.11 Å². The number of nitrogens with one attached hydrogen (secondary N) is 1. The molecule has 0 aliphatic heterocycles. The Kier molecular flexibility index (Phi) is 1.33. The average molecular weight is 161 g/mol. The number of hydrogen-bond donors (Lipinski definition) is 1. The predicted octanol–water partition coefficient (Wildman–Crippen LogP) is -0.0736. The van der Waals surface area contributed by atoms with Crippen LogP contribution >= 0.6 is 0 Å². The van der Waals surface area contributed by atoms with Crippen LogP contribution in [0.15, 0.2) is 24.4 Å². The normalized spacial score (nSPS) is 10.3. The summed E-state index contributed by atoms with van der Waals surface area (Å²) in [6.07, 6.45) is 1.71. The second kappa shape index (κ2) is 2.34. The van der Waals surface area contributed by atoms with Gasteiger partial charge in [-0.15, -0.1) is 0 Å². The van der Waals surface area contributed by atoms with Crippen molar-refractivity contribution in [3.8, 4) is 0 Å². The molecule has 0 fully saturated rings. The average Bonchev–Trinajstić information content (AvgIpc) is 2.49. The number of H-pyrrole nitrogens is 1. The Labute approximate surface area is 67.9 Å². The predicted molar refractivity (Wildman–Crippen MR) is 40.4 cm³/mol. The Hall–Kier alpha value is -1.84. The summed E-state index contributed by atoms with van der Waals surface area (Å²) in [4.78, 5) is 17.0. The molecule has 1 N–H and O–H groups in total. The monoisotopic (exact) mass is 161 g/mol. The summed E-state index contributed by atoms with van der Waals surface area (Å²) in [6, 6.07) is 4.93. The van der Waals surface area contributed by atoms with E-state index in [9.17, 15) is 9.90 Å². The van der Waals surface area contributed by atoms with Crippen LogP contribution in [-0.2, 0) is 0 Å². The number of rotatable bonds is 1. The zero-order valence-corrected chi connectivity index (χ0v) is 6.07. The molecule has 0 aromatic carbocycles. The van der Waals surface area contributed by atoms with E-state index in [0.29, 0.717) is 5.65 Å². The van der Waals surface area contributed by atoms with Crippen LogP contribution in [0.5, 0.6) is 0 Å². The van der Waals surface area contributed by atoms with Crippen molar-refractivity contribution in [2.45, 2.75) is 0 Å². The molecule has 0 atom stereocenters. The van der Waals surface area contributed by atoms with Crippen LogP contribution in [0, 0.1) is 0 Å². The van der Waals surface area contributed by atoms with Crippen LogP contribution in [0.25, 0.3) is 11.0 Å². The van der Waals surface area contributed by atoms with E-state index < -0.39 is 5.97 Å². The van der Waals surface area contributed by atoms with Crippen molar-refractivity contribution < 1.29 is 9.90 Å². The van der Waals surface area contributed by atoms with Gasteiger partial charge in [0.2, 0.25) is 0 Å². The molecule has 4 heteroatoms. The number of fused-ring (bicyclic) bond motifs is 1. The Morgan fingerprint density at radius 1 is 1.42 bits per heavy atom. The molecule has 60 valence electrons. The zero-order chi connectivity index (χ0) is 8.55. The van der Waals surface area contributed by atoms with E-state index in [2.05, 4.69) is 9.97 Å². The van der Waals surface area contributed by atoms with Crippen LogP contribution in [0.2, 0.25) is 0 Å². The lowest BCUT2D eigenvalue weighted by Crippen LogP contribution is -2.23. The summed E-state index contributed by atoms with van der Waals surface area (Å²) in [5.41, 5.74) is 0.515. The van der Waals surface area contributed by atoms with Crippen molar-refractivity contribution >= 4 is 17.0 Å². The minimum absolute atomic E-state index is 0.0510. The molecule has 0 amide bonds. The molecule has 0 radical (unpaired) electrons. The summed E-state index contributed by atoms with van der Waals surface area (Å²) in [5, 5.41) is 11.3. The topological polar surface area (TPSA) is 68.8 Å². The lowest BCUT2D eigenvalue weighted by molar-refractivity contribution is -0.255. The second-order valence-electron chi connectivity index (χ2n) is 2.40. The van der Waals surface area contributed by atoms with Crippen LogP contribution in [0.4, 0.5) is 0 Å². The van der Waals surface area contributed by atoms with Gasteiger partial charge in [-0.25, -0.2) is 4.98 Å². The van der Waals surface area contributed by atoms with Gasteiger partial charge in [0.15, 0.2) is 0 Å². The number of nitrogens with zero attached hydrogens (tertiary/aromatic N) is 1. The Morgan fingerprint density at radius 2 is 2.25 bits per heavy atom. The molecule has 0 saturated carbocycles. The SMILES string of the molecule is O=C([O-])c1ccc2cc[nH]c2n1. The van der Waals surface area contributed by atoms with Crippen molar-refractivity contribution in [1.82, 2.24) is 9.97 Å². The Bertz CT molecular complexity index is 433. The number of aromatic nitrogens is 2. The molecule has 2 aromatic heterocycles. The van der Waals surface area contributed by atoms with E-state index in [-0.39, 0.29) is 5.69 Å². The molecular weight excluding hydrogens is 156 g/mol. The summed E-state index contributed by atoms with van der Waals surface area (Å²) in [6.45, 7) is 0. The van der Waals surface area contributed by atoms with Gasteiger partial charge in [-0.3, -0.25) is 0 Å². The van der Waals surface area contributed by atoms with E-state index in [1.165, 1.54) is 6.07 Å². The number of carbonyl (C=O) groups excluding carboxylic acids is 1. The van der Waals surface area contributed by atoms with Crippen LogP contribution in [0.1, 0.15) is 10.5 Å². The fourth-order valence-electron chi connectivity index (χ4n) is 1.04. The van der Waals surface area contributed by atoms with Crippen LogP contribution in [-0.4, -0.2) is 15.9 Å². The van der Waals surface area contributed by atoms with Crippen molar-refractivity contribution in [1.29, 1.82) is 0 Å². The number of aromatic amines is 1. The van der Waals surface area contributed by atoms with Gasteiger partial charge in [-0.2, -0.15) is 0 Å². The molecule has 0 saturated heterocycles. The van der Waals surface area contributed by atoms with Gasteiger partial charge < -0.3 is 14.9 Å². The fourth-order valence-corrected chi connectivity index (χ4v) is 1.04. The summed E-state index contributed by atoms with van der Waals surface area (Å²) >= 11 is 0. The van der Waals surface area contributed by atoms with Gasteiger partial charge in [-0.05, 0) is 18.2 Å². The molecule has 12 heavy (non-hydrogen) atoms. The minimum atomic E-state index is -1.26. The van der Waals surface area contributed by atoms with E-state index in [4.69, 9.17) is 0 Å². The van der Waals surface area contributed by atoms with Gasteiger partial charge in [0.05, 0.1) is 11.7 Å². The molecule has 0 aliphatic carbocycles. The highest BCUT2D eigenvalue weighted by Gasteiger charge is 1.98. The fraction of sp³-hybridized carbons (Fsp3) is 0. The number of hydrogen-bond acceptors (Lipinski definition) is 3. The first-order valence-corrected chi connectivity index (χ1v) is 3.43. The third-order valence-corrected chi connectivity index (χ3v) is 1.62. The number of carbonyl (C=O) groups is 1. The summed E-state index contributed by atoms with van der Waals surface area (Å²) in [5.74, 6) is -1.26. The quantitative estimate of drug-likeness (QED) is 0.636. The molecule has 2 aromatic rings. The lowest BCUT2D eigenvalue weighted by atomic mass is 10.3. The van der Waals surface area contributed by atoms with E-state index in [1.807, 2.05) is 6.07 Å². The first kappa shape index (κ1) is 6.84. The molecule has 0 spiro atoms. The molecule has 4 nitrogen and oxygen atoms in total. The van der Waals surface area contributed by atoms with Crippen molar-refractivity contribution in [3.05, 3.63) is 30.1 Å². The second-order valence-corrected chi connectivity index (χ2v) is 2.40. The first-order valence-electron chi connectivity index (χ1n) is 3.43. The van der Waals surface area contributed by atoms with Crippen molar-refractivity contribution in [2.75, 3.05) is 0 Å². The number of pyridine rings is 1. The van der Waals surface area contributed by atoms with Crippen LogP contribution in [0.3, 0.4) is 0 Å². The molecule has 0 aliphatic rings. The molecule has 2 rings (SSSR count). The Balaban J connectivity index is 2.68. The van der Waals surface area contributed by atoms with Gasteiger partial charge >= 0.3 is 0 Å². The van der Waals surface area contributed by atoms with Crippen molar-refractivity contribution in [2.24, 2.45) is 0 Å². The molecular formula is C8H5N2O2-. The summed E-state index contributed by atoms with van der Waals surface area (Å²) in [7, 11) is 0. The van der Waals surface area contributed by atoms with E-state index in [1.54, 1.807) is 12.3 Å². The standard InChI is InChI=1S/C8H6N2O2/c11-8(12)6-2-1-5-3-4-9-7(5)10-6/h1-4H,(H,9,10)(H,11,12)/p-1. The third-order valence-electron chi connectivity index (χ3n) is 1.62. The van der Waals surface area contributed by atoms with E-state index >= 15 is 0 Å². The van der Waals surface area contributed by atoms with Crippen molar-refractivity contribution in [3.63, 3.8) is 0 Å². The summed E-state index contributed by atoms with van der Waals surface area (Å²) < 4.78 is 0. The first-order chi connectivity index (χ1) is 5.77. The third kappa shape index (κ3) is 0.934. The number of carboxylic acids is 1. The van der Waals surface area contributed by atoms with Gasteiger partial charge in [-0.1, -0.05) is 0 Å². The molecule has 0 unspecified atom stereocenters. The smallest absolute Gasteiger partial charge is 0.138 e. The zero-order valence-electron chi connectivity index (χ0n) is 6.07. The molecule has 2 heterocycles. The van der Waals surface area contributed by atoms with Gasteiger partial charge in [0, 0.05) is 11.6 Å². The number of aromatic carboxylic acids is 1. The maximum atomic E-state index is 10.4. The maximum Gasteiger partial charge on any atom is 0.138 e. The highest BCUT2D eigenvalue weighted by Crippen LogP contribution is 2.09. The largest absolute Gasteiger partial charge is 0.543 e. The lowest BCUT2D eigenvalue weighted by Gasteiger charge is -1.99. The molecule has 0 bridgehead atoms. The Morgan fingerprint density at radius 3 is 3.00 bits per heavy atom.